The number of fused-ring (bicyclic) bond motifs is 3. The molecule has 0 saturated heterocycles. The monoisotopic (exact) mass is 276 g/mol. The lowest BCUT2D eigenvalue weighted by atomic mass is 9.98. The first kappa shape index (κ1) is 12.7. The molecule has 0 radical (unpaired) electrons. The van der Waals surface area contributed by atoms with Crippen LogP contribution in [0.2, 0.25) is 0 Å². The van der Waals surface area contributed by atoms with Crippen LogP contribution < -0.4 is 5.32 Å². The Labute approximate surface area is 125 Å². The molecular formula is C19H20N2. The highest BCUT2D eigenvalue weighted by molar-refractivity contribution is 5.85. The summed E-state index contributed by atoms with van der Waals surface area (Å²) < 4.78 is 2.49. The second-order valence-corrected chi connectivity index (χ2v) is 5.98. The fraction of sp³-hybridized carbons (Fsp3) is 0.263. The molecule has 21 heavy (non-hydrogen) atoms. The summed E-state index contributed by atoms with van der Waals surface area (Å²) >= 11 is 0. The molecule has 1 aliphatic heterocycles. The first-order valence-corrected chi connectivity index (χ1v) is 7.63. The molecule has 106 valence electrons. The molecule has 2 heteroatoms. The lowest BCUT2D eigenvalue weighted by Gasteiger charge is -2.28. The summed E-state index contributed by atoms with van der Waals surface area (Å²) in [5, 5.41) is 5.07. The standard InChI is InChI=1S/C19H20N2/c1-13-7-9-15(10-8-13)18-19-14(2)16-5-3-4-6-17(16)21(19)12-11-20-18/h3-10,18,20H,11-12H2,1-2H3. The maximum Gasteiger partial charge on any atom is 0.0734 e. The van der Waals surface area contributed by atoms with Crippen LogP contribution in [-0.2, 0) is 6.54 Å². The van der Waals surface area contributed by atoms with E-state index in [0.717, 1.165) is 13.1 Å². The lowest BCUT2D eigenvalue weighted by molar-refractivity contribution is 0.473. The van der Waals surface area contributed by atoms with Crippen molar-refractivity contribution < 1.29 is 0 Å². The molecule has 0 amide bonds. The van der Waals surface area contributed by atoms with E-state index in [-0.39, 0.29) is 0 Å². The van der Waals surface area contributed by atoms with Gasteiger partial charge in [0.05, 0.1) is 6.04 Å². The van der Waals surface area contributed by atoms with E-state index >= 15 is 0 Å². The van der Waals surface area contributed by atoms with Crippen LogP contribution in [0.3, 0.4) is 0 Å². The summed E-state index contributed by atoms with van der Waals surface area (Å²) in [5.41, 5.74) is 6.86. The Kier molecular flexibility index (Phi) is 2.86. The zero-order valence-corrected chi connectivity index (χ0v) is 12.6. The van der Waals surface area contributed by atoms with Crippen molar-refractivity contribution in [1.82, 2.24) is 9.88 Å². The van der Waals surface area contributed by atoms with Gasteiger partial charge < -0.3 is 9.88 Å². The highest BCUT2D eigenvalue weighted by Crippen LogP contribution is 2.34. The summed E-state index contributed by atoms with van der Waals surface area (Å²) in [6.45, 7) is 6.46. The molecule has 2 aromatic carbocycles. The van der Waals surface area contributed by atoms with Gasteiger partial charge in [0.25, 0.3) is 0 Å². The van der Waals surface area contributed by atoms with Crippen LogP contribution >= 0.6 is 0 Å². The molecule has 0 aliphatic carbocycles. The van der Waals surface area contributed by atoms with Crippen LogP contribution in [0.4, 0.5) is 0 Å². The summed E-state index contributed by atoms with van der Waals surface area (Å²) in [4.78, 5) is 0. The van der Waals surface area contributed by atoms with E-state index in [4.69, 9.17) is 0 Å². The Morgan fingerprint density at radius 1 is 1.00 bits per heavy atom. The van der Waals surface area contributed by atoms with Gasteiger partial charge in [0.15, 0.2) is 0 Å². The molecule has 0 fully saturated rings. The number of nitrogens with zero attached hydrogens (tertiary/aromatic N) is 1. The first-order valence-electron chi connectivity index (χ1n) is 7.63. The lowest BCUT2D eigenvalue weighted by Crippen LogP contribution is -2.34. The highest BCUT2D eigenvalue weighted by Gasteiger charge is 2.26. The molecule has 0 spiro atoms. The van der Waals surface area contributed by atoms with Gasteiger partial charge in [-0.2, -0.15) is 0 Å². The molecule has 1 atom stereocenters. The molecule has 1 N–H and O–H groups in total. The molecule has 2 heterocycles. The van der Waals surface area contributed by atoms with Crippen LogP contribution in [0.5, 0.6) is 0 Å². The van der Waals surface area contributed by atoms with Crippen molar-refractivity contribution in [2.45, 2.75) is 26.4 Å². The second kappa shape index (κ2) is 4.74. The summed E-state index contributed by atoms with van der Waals surface area (Å²) in [5.74, 6) is 0. The molecule has 2 nitrogen and oxygen atoms in total. The number of hydrogen-bond acceptors (Lipinski definition) is 1. The number of aromatic nitrogens is 1. The van der Waals surface area contributed by atoms with E-state index < -0.39 is 0 Å². The van der Waals surface area contributed by atoms with Gasteiger partial charge >= 0.3 is 0 Å². The molecule has 4 rings (SSSR count). The van der Waals surface area contributed by atoms with Crippen molar-refractivity contribution in [3.63, 3.8) is 0 Å². The van der Waals surface area contributed by atoms with Crippen LogP contribution in [0.25, 0.3) is 10.9 Å². The number of rotatable bonds is 1. The number of hydrogen-bond donors (Lipinski definition) is 1. The minimum absolute atomic E-state index is 0.298. The van der Waals surface area contributed by atoms with Gasteiger partial charge in [0, 0.05) is 29.7 Å². The first-order chi connectivity index (χ1) is 10.3. The Morgan fingerprint density at radius 3 is 2.57 bits per heavy atom. The Bertz CT molecular complexity index is 796. The highest BCUT2D eigenvalue weighted by atomic mass is 15.1. The normalized spacial score (nSPS) is 17.9. The second-order valence-electron chi connectivity index (χ2n) is 5.98. The maximum absolute atomic E-state index is 3.69. The number of benzene rings is 2. The fourth-order valence-electron chi connectivity index (χ4n) is 3.56. The van der Waals surface area contributed by atoms with Gasteiger partial charge in [-0.05, 0) is 31.0 Å². The smallest absolute Gasteiger partial charge is 0.0734 e. The van der Waals surface area contributed by atoms with Crippen LogP contribution in [0, 0.1) is 13.8 Å². The summed E-state index contributed by atoms with van der Waals surface area (Å²) in [7, 11) is 0. The van der Waals surface area contributed by atoms with E-state index in [9.17, 15) is 0 Å². The average molecular weight is 276 g/mol. The third kappa shape index (κ3) is 1.90. The van der Waals surface area contributed by atoms with Gasteiger partial charge in [-0.15, -0.1) is 0 Å². The van der Waals surface area contributed by atoms with Crippen molar-refractivity contribution in [2.75, 3.05) is 6.54 Å². The topological polar surface area (TPSA) is 17.0 Å². The van der Waals surface area contributed by atoms with E-state index in [1.54, 1.807) is 0 Å². The van der Waals surface area contributed by atoms with Gasteiger partial charge in [-0.1, -0.05) is 48.0 Å². The number of aryl methyl sites for hydroxylation is 2. The Balaban J connectivity index is 1.93. The maximum atomic E-state index is 3.69. The summed E-state index contributed by atoms with van der Waals surface area (Å²) in [6.07, 6.45) is 0. The molecule has 1 aliphatic rings. The van der Waals surface area contributed by atoms with E-state index in [1.165, 1.54) is 33.3 Å². The van der Waals surface area contributed by atoms with E-state index in [2.05, 4.69) is 72.3 Å². The molecular weight excluding hydrogens is 256 g/mol. The third-order valence-corrected chi connectivity index (χ3v) is 4.64. The quantitative estimate of drug-likeness (QED) is 0.712. The zero-order valence-electron chi connectivity index (χ0n) is 12.6. The third-order valence-electron chi connectivity index (χ3n) is 4.64. The molecule has 1 unspecified atom stereocenters. The van der Waals surface area contributed by atoms with Crippen LogP contribution in [0.1, 0.15) is 28.4 Å². The molecule has 1 aromatic heterocycles. The van der Waals surface area contributed by atoms with Crippen molar-refractivity contribution in [3.05, 3.63) is 70.9 Å². The van der Waals surface area contributed by atoms with Crippen molar-refractivity contribution in [3.8, 4) is 0 Å². The number of nitrogens with one attached hydrogen (secondary N) is 1. The van der Waals surface area contributed by atoms with Gasteiger partial charge in [-0.3, -0.25) is 0 Å². The Hall–Kier alpha value is -2.06. The van der Waals surface area contributed by atoms with Crippen molar-refractivity contribution in [1.29, 1.82) is 0 Å². The minimum Gasteiger partial charge on any atom is -0.341 e. The number of para-hydroxylation sites is 1. The zero-order chi connectivity index (χ0) is 14.4. The minimum atomic E-state index is 0.298. The average Bonchev–Trinajstić information content (AvgIpc) is 2.82. The predicted molar refractivity (Wildman–Crippen MR) is 87.7 cm³/mol. The molecule has 0 bridgehead atoms. The van der Waals surface area contributed by atoms with E-state index in [1.807, 2.05) is 0 Å². The SMILES string of the molecule is Cc1ccc(C2NCCn3c2c(C)c2ccccc23)cc1. The van der Waals surface area contributed by atoms with Gasteiger partial charge in [0.2, 0.25) is 0 Å². The fourth-order valence-corrected chi connectivity index (χ4v) is 3.56. The molecule has 0 saturated carbocycles. The predicted octanol–water partition coefficient (Wildman–Crippen LogP) is 3.95. The van der Waals surface area contributed by atoms with Gasteiger partial charge in [-0.25, -0.2) is 0 Å². The van der Waals surface area contributed by atoms with Crippen molar-refractivity contribution >= 4 is 10.9 Å². The largest absolute Gasteiger partial charge is 0.341 e. The van der Waals surface area contributed by atoms with Crippen molar-refractivity contribution in [2.24, 2.45) is 0 Å². The Morgan fingerprint density at radius 2 is 1.76 bits per heavy atom. The molecule has 3 aromatic rings. The van der Waals surface area contributed by atoms with Gasteiger partial charge in [0.1, 0.15) is 0 Å². The van der Waals surface area contributed by atoms with Crippen LogP contribution in [-0.4, -0.2) is 11.1 Å². The van der Waals surface area contributed by atoms with E-state index in [0.29, 0.717) is 6.04 Å². The van der Waals surface area contributed by atoms with Crippen LogP contribution in [0.15, 0.2) is 48.5 Å². The summed E-state index contributed by atoms with van der Waals surface area (Å²) in [6, 6.07) is 18.0.